The smallest absolute Gasteiger partial charge is 0.186 e. The molecule has 0 unspecified atom stereocenters. The number of fused-ring (bicyclic) bond motifs is 1. The second kappa shape index (κ2) is 6.60. The largest absolute Gasteiger partial charge is 0.381 e. The van der Waals surface area contributed by atoms with Crippen LogP contribution in [-0.2, 0) is 6.54 Å². The van der Waals surface area contributed by atoms with E-state index in [9.17, 15) is 0 Å². The number of anilines is 2. The first-order chi connectivity index (χ1) is 12.6. The SMILES string of the molecule is N#CCN1C=C(c2cnc(N)c(N(N)Cc3cc4[nH]ncc4s3)n2)CN1. The highest BCUT2D eigenvalue weighted by Crippen LogP contribution is 2.27. The normalized spacial score (nSPS) is 13.8. The van der Waals surface area contributed by atoms with E-state index in [1.165, 1.54) is 5.01 Å². The Morgan fingerprint density at radius 2 is 2.31 bits per heavy atom. The van der Waals surface area contributed by atoms with Crippen LogP contribution in [0.25, 0.3) is 15.8 Å². The van der Waals surface area contributed by atoms with Gasteiger partial charge >= 0.3 is 0 Å². The van der Waals surface area contributed by atoms with E-state index >= 15 is 0 Å². The molecule has 0 spiro atoms. The monoisotopic (exact) mass is 368 g/mol. The number of nitrogens with one attached hydrogen (secondary N) is 2. The Labute approximate surface area is 152 Å². The zero-order valence-corrected chi connectivity index (χ0v) is 14.5. The summed E-state index contributed by atoms with van der Waals surface area (Å²) in [5.74, 6) is 6.88. The molecule has 0 amide bonds. The fraction of sp³-hybridized carbons (Fsp3) is 0.200. The van der Waals surface area contributed by atoms with Gasteiger partial charge < -0.3 is 10.7 Å². The third-order valence-corrected chi connectivity index (χ3v) is 4.97. The number of H-pyrrole nitrogens is 1. The van der Waals surface area contributed by atoms with Gasteiger partial charge in [-0.3, -0.25) is 10.1 Å². The van der Waals surface area contributed by atoms with Gasteiger partial charge in [-0.25, -0.2) is 21.2 Å². The van der Waals surface area contributed by atoms with Gasteiger partial charge in [0.15, 0.2) is 11.6 Å². The summed E-state index contributed by atoms with van der Waals surface area (Å²) in [5.41, 5.74) is 11.6. The topological polar surface area (TPSA) is 149 Å². The molecule has 4 rings (SSSR count). The number of nitriles is 1. The molecule has 0 bridgehead atoms. The Morgan fingerprint density at radius 3 is 3.12 bits per heavy atom. The summed E-state index contributed by atoms with van der Waals surface area (Å²) >= 11 is 1.60. The number of nitrogens with two attached hydrogens (primary N) is 2. The second-order valence-electron chi connectivity index (χ2n) is 5.73. The van der Waals surface area contributed by atoms with E-state index in [1.807, 2.05) is 12.3 Å². The van der Waals surface area contributed by atoms with Crippen molar-refractivity contribution in [3.63, 3.8) is 0 Å². The first kappa shape index (κ1) is 16.3. The number of nitrogens with zero attached hydrogens (tertiary/aromatic N) is 6. The van der Waals surface area contributed by atoms with Crippen LogP contribution in [0.5, 0.6) is 0 Å². The lowest BCUT2D eigenvalue weighted by molar-refractivity contribution is 0.343. The first-order valence-electron chi connectivity index (χ1n) is 7.79. The Morgan fingerprint density at radius 1 is 1.42 bits per heavy atom. The lowest BCUT2D eigenvalue weighted by atomic mass is 10.2. The van der Waals surface area contributed by atoms with E-state index < -0.39 is 0 Å². The maximum absolute atomic E-state index is 8.78. The molecule has 4 heterocycles. The van der Waals surface area contributed by atoms with Gasteiger partial charge in [0, 0.05) is 23.2 Å². The minimum atomic E-state index is 0.252. The third kappa shape index (κ3) is 3.04. The van der Waals surface area contributed by atoms with Gasteiger partial charge in [-0.05, 0) is 6.07 Å². The number of thiophene rings is 1. The molecule has 3 aromatic rings. The molecule has 0 aromatic carbocycles. The van der Waals surface area contributed by atoms with Crippen molar-refractivity contribution in [3.05, 3.63) is 35.2 Å². The van der Waals surface area contributed by atoms with Crippen molar-refractivity contribution in [1.82, 2.24) is 30.6 Å². The maximum Gasteiger partial charge on any atom is 0.186 e. The van der Waals surface area contributed by atoms with E-state index in [0.29, 0.717) is 24.6 Å². The van der Waals surface area contributed by atoms with Crippen molar-refractivity contribution in [2.75, 3.05) is 23.8 Å². The van der Waals surface area contributed by atoms with Gasteiger partial charge in [0.05, 0.1) is 40.9 Å². The van der Waals surface area contributed by atoms with E-state index in [1.54, 1.807) is 28.7 Å². The van der Waals surface area contributed by atoms with Crippen molar-refractivity contribution in [2.24, 2.45) is 5.84 Å². The van der Waals surface area contributed by atoms with Crippen molar-refractivity contribution in [3.8, 4) is 6.07 Å². The molecule has 132 valence electrons. The van der Waals surface area contributed by atoms with E-state index in [4.69, 9.17) is 16.8 Å². The lowest BCUT2D eigenvalue weighted by Crippen LogP contribution is -2.32. The molecule has 26 heavy (non-hydrogen) atoms. The highest BCUT2D eigenvalue weighted by Gasteiger charge is 2.18. The Balaban J connectivity index is 1.56. The fourth-order valence-electron chi connectivity index (χ4n) is 2.68. The van der Waals surface area contributed by atoms with Crippen molar-refractivity contribution < 1.29 is 0 Å². The van der Waals surface area contributed by atoms with Crippen LogP contribution in [0.4, 0.5) is 11.6 Å². The molecule has 0 saturated carbocycles. The summed E-state index contributed by atoms with van der Waals surface area (Å²) in [4.78, 5) is 9.85. The highest BCUT2D eigenvalue weighted by molar-refractivity contribution is 7.19. The van der Waals surface area contributed by atoms with Crippen molar-refractivity contribution in [2.45, 2.75) is 6.54 Å². The zero-order valence-electron chi connectivity index (χ0n) is 13.7. The zero-order chi connectivity index (χ0) is 18.1. The molecule has 0 aliphatic carbocycles. The molecular formula is C15H16N10S. The Bertz CT molecular complexity index is 985. The predicted octanol–water partition coefficient (Wildman–Crippen LogP) is 0.562. The minimum absolute atomic E-state index is 0.252. The number of hydrazine groups is 2. The van der Waals surface area contributed by atoms with Crippen LogP contribution in [-0.4, -0.2) is 38.3 Å². The van der Waals surface area contributed by atoms with Gasteiger partial charge in [-0.1, -0.05) is 0 Å². The molecule has 0 radical (unpaired) electrons. The summed E-state index contributed by atoms with van der Waals surface area (Å²) in [6.07, 6.45) is 5.23. The molecule has 10 nitrogen and oxygen atoms in total. The molecule has 0 saturated heterocycles. The summed E-state index contributed by atoms with van der Waals surface area (Å²) in [5, 5.41) is 18.9. The summed E-state index contributed by atoms with van der Waals surface area (Å²) in [6, 6.07) is 4.09. The van der Waals surface area contributed by atoms with Crippen molar-refractivity contribution in [1.29, 1.82) is 5.26 Å². The van der Waals surface area contributed by atoms with Gasteiger partial charge in [0.25, 0.3) is 0 Å². The number of nitrogen functional groups attached to an aromatic ring is 1. The minimum Gasteiger partial charge on any atom is -0.381 e. The average Bonchev–Trinajstić information content (AvgIpc) is 3.32. The third-order valence-electron chi connectivity index (χ3n) is 3.91. The van der Waals surface area contributed by atoms with Gasteiger partial charge in [0.2, 0.25) is 0 Å². The van der Waals surface area contributed by atoms with Gasteiger partial charge in [0.1, 0.15) is 6.54 Å². The van der Waals surface area contributed by atoms with Crippen LogP contribution in [0.15, 0.2) is 24.7 Å². The summed E-state index contributed by atoms with van der Waals surface area (Å²) in [7, 11) is 0. The molecule has 1 aliphatic rings. The first-order valence-corrected chi connectivity index (χ1v) is 8.60. The molecule has 11 heteroatoms. The number of hydrogen-bond acceptors (Lipinski definition) is 10. The number of aromatic nitrogens is 4. The number of hydrogen-bond donors (Lipinski definition) is 4. The van der Waals surface area contributed by atoms with Crippen molar-refractivity contribution >= 4 is 38.8 Å². The molecular weight excluding hydrogens is 352 g/mol. The Kier molecular flexibility index (Phi) is 4.13. The van der Waals surface area contributed by atoms with E-state index in [-0.39, 0.29) is 12.4 Å². The van der Waals surface area contributed by atoms with E-state index in [2.05, 4.69) is 31.7 Å². The van der Waals surface area contributed by atoms with Crippen LogP contribution in [0.2, 0.25) is 0 Å². The Hall–Kier alpha value is -3.20. The number of rotatable bonds is 5. The second-order valence-corrected chi connectivity index (χ2v) is 6.90. The molecule has 0 fully saturated rings. The van der Waals surface area contributed by atoms with Crippen LogP contribution in [0, 0.1) is 11.3 Å². The lowest BCUT2D eigenvalue weighted by Gasteiger charge is -2.18. The van der Waals surface area contributed by atoms with E-state index in [0.717, 1.165) is 20.7 Å². The average molecular weight is 368 g/mol. The molecule has 6 N–H and O–H groups in total. The van der Waals surface area contributed by atoms with Crippen LogP contribution < -0.4 is 22.0 Å². The molecule has 3 aromatic heterocycles. The highest BCUT2D eigenvalue weighted by atomic mass is 32.1. The predicted molar refractivity (Wildman–Crippen MR) is 99.1 cm³/mol. The summed E-state index contributed by atoms with van der Waals surface area (Å²) in [6.45, 7) is 1.27. The molecule has 0 atom stereocenters. The maximum atomic E-state index is 8.78. The van der Waals surface area contributed by atoms with Crippen LogP contribution in [0.3, 0.4) is 0 Å². The van der Waals surface area contributed by atoms with Gasteiger partial charge in [-0.2, -0.15) is 10.4 Å². The van der Waals surface area contributed by atoms with Crippen LogP contribution in [0.1, 0.15) is 10.6 Å². The summed E-state index contributed by atoms with van der Waals surface area (Å²) < 4.78 is 1.07. The molecule has 1 aliphatic heterocycles. The fourth-order valence-corrected chi connectivity index (χ4v) is 3.66. The quantitative estimate of drug-likeness (QED) is 0.288. The standard InChI is InChI=1S/C15H16N10S/c16-1-2-24-7-9(4-21-24)12-5-19-14(17)15(22-12)25(18)8-10-3-11-13(26-10)6-20-23-11/h3,5-7,21H,2,4,8,18H2,(H2,17,19)(H,20,23). The number of aromatic amines is 1. The van der Waals surface area contributed by atoms with Gasteiger partial charge in [-0.15, -0.1) is 11.3 Å². The van der Waals surface area contributed by atoms with Crippen LogP contribution >= 0.6 is 11.3 Å².